The van der Waals surface area contributed by atoms with Crippen LogP contribution in [0.4, 0.5) is 5.69 Å². The third-order valence-electron chi connectivity index (χ3n) is 2.75. The van der Waals surface area contributed by atoms with Gasteiger partial charge in [-0.1, -0.05) is 35.3 Å². The topological polar surface area (TPSA) is 29.1 Å². The molecule has 0 atom stereocenters. The number of nitrogens with one attached hydrogen (secondary N) is 1. The summed E-state index contributed by atoms with van der Waals surface area (Å²) in [5, 5.41) is 3.79. The van der Waals surface area contributed by atoms with Crippen LogP contribution in [-0.4, -0.2) is 5.91 Å². The average Bonchev–Trinajstić information content (AvgIpc) is 2.37. The Balaban J connectivity index is 2.07. The van der Waals surface area contributed by atoms with E-state index < -0.39 is 0 Å². The van der Waals surface area contributed by atoms with E-state index in [9.17, 15) is 4.79 Å². The zero-order valence-corrected chi connectivity index (χ0v) is 13.8. The third-order valence-corrected chi connectivity index (χ3v) is 4.14. The van der Waals surface area contributed by atoms with Gasteiger partial charge in [0.1, 0.15) is 0 Å². The van der Waals surface area contributed by atoms with Gasteiger partial charge in [0.2, 0.25) is 5.91 Å². The number of carbonyl (C=O) groups is 1. The molecule has 0 aliphatic heterocycles. The molecule has 1 amide bonds. The number of benzene rings is 2. The van der Waals surface area contributed by atoms with Crippen molar-refractivity contribution >= 4 is 50.7 Å². The number of rotatable bonds is 3. The van der Waals surface area contributed by atoms with Crippen molar-refractivity contribution < 1.29 is 4.79 Å². The molecule has 0 unspecified atom stereocenters. The van der Waals surface area contributed by atoms with Gasteiger partial charge in [-0.3, -0.25) is 4.79 Å². The number of hydrogen-bond acceptors (Lipinski definition) is 1. The molecule has 1 N–H and O–H groups in total. The van der Waals surface area contributed by atoms with Crippen molar-refractivity contribution in [2.24, 2.45) is 0 Å². The normalized spacial score (nSPS) is 10.4. The summed E-state index contributed by atoms with van der Waals surface area (Å²) < 4.78 is 0.861. The predicted octanol–water partition coefficient (Wildman–Crippen LogP) is 5.25. The van der Waals surface area contributed by atoms with E-state index in [-0.39, 0.29) is 12.3 Å². The van der Waals surface area contributed by atoms with Crippen LogP contribution in [0.5, 0.6) is 0 Å². The van der Waals surface area contributed by atoms with Crippen LogP contribution >= 0.6 is 39.1 Å². The molecular formula is C15H12BrCl2NO. The van der Waals surface area contributed by atoms with Crippen molar-refractivity contribution in [2.75, 3.05) is 5.32 Å². The zero-order chi connectivity index (χ0) is 14.7. The quantitative estimate of drug-likeness (QED) is 0.783. The van der Waals surface area contributed by atoms with Gasteiger partial charge in [-0.25, -0.2) is 0 Å². The molecule has 0 aromatic heterocycles. The molecule has 20 heavy (non-hydrogen) atoms. The maximum Gasteiger partial charge on any atom is 0.228 e. The molecule has 0 fully saturated rings. The maximum atomic E-state index is 12.0. The smallest absolute Gasteiger partial charge is 0.228 e. The summed E-state index contributed by atoms with van der Waals surface area (Å²) in [6.45, 7) is 1.99. The highest BCUT2D eigenvalue weighted by molar-refractivity contribution is 9.10. The molecule has 0 bridgehead atoms. The van der Waals surface area contributed by atoms with Crippen LogP contribution in [0, 0.1) is 6.92 Å². The number of anilines is 1. The number of carbonyl (C=O) groups excluding carboxylic acids is 1. The molecule has 0 aliphatic carbocycles. The summed E-state index contributed by atoms with van der Waals surface area (Å²) in [5.74, 6) is -0.104. The van der Waals surface area contributed by atoms with Gasteiger partial charge in [-0.15, -0.1) is 0 Å². The third kappa shape index (κ3) is 3.98. The van der Waals surface area contributed by atoms with Gasteiger partial charge in [0.15, 0.2) is 0 Å². The van der Waals surface area contributed by atoms with Crippen LogP contribution in [-0.2, 0) is 11.2 Å². The number of halogens is 3. The van der Waals surface area contributed by atoms with E-state index in [1.54, 1.807) is 18.2 Å². The maximum absolute atomic E-state index is 12.0. The minimum Gasteiger partial charge on any atom is -0.325 e. The van der Waals surface area contributed by atoms with Crippen molar-refractivity contribution in [2.45, 2.75) is 13.3 Å². The summed E-state index contributed by atoms with van der Waals surface area (Å²) in [6, 6.07) is 10.9. The van der Waals surface area contributed by atoms with Crippen LogP contribution in [0.25, 0.3) is 0 Å². The summed E-state index contributed by atoms with van der Waals surface area (Å²) in [7, 11) is 0. The molecule has 2 nitrogen and oxygen atoms in total. The second kappa shape index (κ2) is 6.61. The molecule has 0 aliphatic rings. The van der Waals surface area contributed by atoms with Gasteiger partial charge in [-0.05, 0) is 58.2 Å². The minimum atomic E-state index is -0.104. The number of amides is 1. The van der Waals surface area contributed by atoms with Crippen molar-refractivity contribution in [3.8, 4) is 0 Å². The summed E-state index contributed by atoms with van der Waals surface area (Å²) in [4.78, 5) is 12.0. The Bertz CT molecular complexity index is 658. The van der Waals surface area contributed by atoms with Crippen molar-refractivity contribution in [3.05, 3.63) is 62.0 Å². The Morgan fingerprint density at radius 1 is 1.15 bits per heavy atom. The van der Waals surface area contributed by atoms with Crippen molar-refractivity contribution in [1.82, 2.24) is 0 Å². The standard InChI is InChI=1S/C15H12BrCl2NO/c1-9-2-5-14(11(16)6-9)19-15(20)8-10-3-4-12(17)13(18)7-10/h2-7H,8H2,1H3,(H,19,20). The van der Waals surface area contributed by atoms with Gasteiger partial charge in [-0.2, -0.15) is 0 Å². The summed E-state index contributed by atoms with van der Waals surface area (Å²) >= 11 is 15.2. The van der Waals surface area contributed by atoms with E-state index >= 15 is 0 Å². The molecule has 0 radical (unpaired) electrons. The SMILES string of the molecule is Cc1ccc(NC(=O)Cc2ccc(Cl)c(Cl)c2)c(Br)c1. The van der Waals surface area contributed by atoms with Gasteiger partial charge in [0.05, 0.1) is 22.2 Å². The molecule has 2 aromatic carbocycles. The molecule has 0 saturated heterocycles. The van der Waals surface area contributed by atoms with E-state index in [1.165, 1.54) is 0 Å². The van der Waals surface area contributed by atoms with Crippen LogP contribution < -0.4 is 5.32 Å². The Hall–Kier alpha value is -1.03. The minimum absolute atomic E-state index is 0.104. The first-order valence-electron chi connectivity index (χ1n) is 5.95. The lowest BCUT2D eigenvalue weighted by Crippen LogP contribution is -2.14. The van der Waals surface area contributed by atoms with Crippen LogP contribution in [0.3, 0.4) is 0 Å². The highest BCUT2D eigenvalue weighted by Gasteiger charge is 2.08. The first kappa shape index (κ1) is 15.4. The Morgan fingerprint density at radius 3 is 2.55 bits per heavy atom. The highest BCUT2D eigenvalue weighted by atomic mass is 79.9. The van der Waals surface area contributed by atoms with E-state index in [0.717, 1.165) is 21.3 Å². The first-order chi connectivity index (χ1) is 9.45. The van der Waals surface area contributed by atoms with E-state index in [4.69, 9.17) is 23.2 Å². The van der Waals surface area contributed by atoms with E-state index in [2.05, 4.69) is 21.2 Å². The fourth-order valence-corrected chi connectivity index (χ4v) is 2.66. The molecule has 0 spiro atoms. The van der Waals surface area contributed by atoms with Crippen molar-refractivity contribution in [3.63, 3.8) is 0 Å². The lowest BCUT2D eigenvalue weighted by Gasteiger charge is -2.08. The Morgan fingerprint density at radius 2 is 1.90 bits per heavy atom. The highest BCUT2D eigenvalue weighted by Crippen LogP contribution is 2.25. The molecule has 5 heteroatoms. The van der Waals surface area contributed by atoms with Crippen molar-refractivity contribution in [1.29, 1.82) is 0 Å². The van der Waals surface area contributed by atoms with E-state index in [1.807, 2.05) is 25.1 Å². The van der Waals surface area contributed by atoms with Crippen LogP contribution in [0.1, 0.15) is 11.1 Å². The lowest BCUT2D eigenvalue weighted by molar-refractivity contribution is -0.115. The van der Waals surface area contributed by atoms with Crippen LogP contribution in [0.15, 0.2) is 40.9 Å². The molecular weight excluding hydrogens is 361 g/mol. The molecule has 104 valence electrons. The first-order valence-corrected chi connectivity index (χ1v) is 7.50. The molecule has 0 heterocycles. The van der Waals surface area contributed by atoms with Gasteiger partial charge >= 0.3 is 0 Å². The molecule has 0 saturated carbocycles. The Kier molecular flexibility index (Phi) is 5.08. The van der Waals surface area contributed by atoms with Crippen LogP contribution in [0.2, 0.25) is 10.0 Å². The molecule has 2 rings (SSSR count). The van der Waals surface area contributed by atoms with Gasteiger partial charge in [0.25, 0.3) is 0 Å². The second-order valence-electron chi connectivity index (χ2n) is 4.46. The Labute approximate surface area is 136 Å². The second-order valence-corrected chi connectivity index (χ2v) is 6.13. The van der Waals surface area contributed by atoms with E-state index in [0.29, 0.717) is 10.0 Å². The monoisotopic (exact) mass is 371 g/mol. The van der Waals surface area contributed by atoms with Gasteiger partial charge in [0, 0.05) is 4.47 Å². The average molecular weight is 373 g/mol. The number of hydrogen-bond donors (Lipinski definition) is 1. The lowest BCUT2D eigenvalue weighted by atomic mass is 10.1. The zero-order valence-electron chi connectivity index (χ0n) is 10.7. The summed E-state index contributed by atoms with van der Waals surface area (Å²) in [5.41, 5.74) is 2.69. The predicted molar refractivity (Wildman–Crippen MR) is 87.7 cm³/mol. The fourth-order valence-electron chi connectivity index (χ4n) is 1.75. The largest absolute Gasteiger partial charge is 0.325 e. The number of aryl methyl sites for hydroxylation is 1. The fraction of sp³-hybridized carbons (Fsp3) is 0.133. The molecule has 2 aromatic rings. The summed E-state index contributed by atoms with van der Waals surface area (Å²) in [6.07, 6.45) is 0.247. The van der Waals surface area contributed by atoms with Gasteiger partial charge < -0.3 is 5.32 Å².